The standard InChI is InChI=1S/C19H20BCl3O2/c1-2-3-4-13-11-24-20(25-12-13)16-7-5-14(6-8-16)15-9-17(21)19(23)18(22)10-15/h5-10,13H,2-4,11-12H2,1H3. The molecule has 3 rings (SSSR count). The first-order chi connectivity index (χ1) is 12.1. The molecule has 1 fully saturated rings. The molecule has 1 heterocycles. The van der Waals surface area contributed by atoms with Crippen LogP contribution in [0.3, 0.4) is 0 Å². The SMILES string of the molecule is CCCCC1COB(c2ccc(-c3cc(Cl)c(Cl)c(Cl)c3)cc2)OC1. The Labute approximate surface area is 164 Å². The first-order valence-corrected chi connectivity index (χ1v) is 9.70. The van der Waals surface area contributed by atoms with Crippen LogP contribution in [0, 0.1) is 5.92 Å². The van der Waals surface area contributed by atoms with Crippen molar-refractivity contribution in [3.63, 3.8) is 0 Å². The Morgan fingerprint density at radius 3 is 2.12 bits per heavy atom. The van der Waals surface area contributed by atoms with Crippen LogP contribution in [0.25, 0.3) is 11.1 Å². The molecule has 1 aliphatic heterocycles. The quantitative estimate of drug-likeness (QED) is 0.465. The van der Waals surface area contributed by atoms with E-state index in [2.05, 4.69) is 6.92 Å². The smallest absolute Gasteiger partial charge is 0.407 e. The Hall–Kier alpha value is -0.705. The van der Waals surface area contributed by atoms with Gasteiger partial charge in [-0.25, -0.2) is 0 Å². The van der Waals surface area contributed by atoms with E-state index in [-0.39, 0.29) is 7.12 Å². The molecule has 0 unspecified atom stereocenters. The summed E-state index contributed by atoms with van der Waals surface area (Å²) in [6.07, 6.45) is 3.60. The second-order valence-corrected chi connectivity index (χ2v) is 7.58. The molecule has 1 aliphatic rings. The third-order valence-corrected chi connectivity index (χ3v) is 5.63. The van der Waals surface area contributed by atoms with Gasteiger partial charge < -0.3 is 9.31 Å². The Morgan fingerprint density at radius 2 is 1.56 bits per heavy atom. The summed E-state index contributed by atoms with van der Waals surface area (Å²) in [5.41, 5.74) is 2.96. The summed E-state index contributed by atoms with van der Waals surface area (Å²) in [5.74, 6) is 0.508. The van der Waals surface area contributed by atoms with Crippen molar-refractivity contribution in [2.45, 2.75) is 26.2 Å². The third-order valence-electron chi connectivity index (χ3n) is 4.43. The minimum absolute atomic E-state index is 0.288. The Balaban J connectivity index is 1.67. The molecule has 0 aliphatic carbocycles. The minimum atomic E-state index is -0.288. The van der Waals surface area contributed by atoms with E-state index in [1.165, 1.54) is 19.3 Å². The van der Waals surface area contributed by atoms with Crippen LogP contribution in [0.1, 0.15) is 26.2 Å². The predicted molar refractivity (Wildman–Crippen MR) is 107 cm³/mol. The van der Waals surface area contributed by atoms with E-state index in [0.717, 1.165) is 29.8 Å². The van der Waals surface area contributed by atoms with Crippen LogP contribution < -0.4 is 5.46 Å². The van der Waals surface area contributed by atoms with Crippen molar-refractivity contribution in [2.75, 3.05) is 13.2 Å². The summed E-state index contributed by atoms with van der Waals surface area (Å²) in [4.78, 5) is 0. The lowest BCUT2D eigenvalue weighted by molar-refractivity contribution is 0.0813. The monoisotopic (exact) mass is 396 g/mol. The van der Waals surface area contributed by atoms with Crippen molar-refractivity contribution in [3.05, 3.63) is 51.5 Å². The molecule has 132 valence electrons. The van der Waals surface area contributed by atoms with Crippen LogP contribution >= 0.6 is 34.8 Å². The van der Waals surface area contributed by atoms with Gasteiger partial charge in [0.2, 0.25) is 0 Å². The van der Waals surface area contributed by atoms with Gasteiger partial charge >= 0.3 is 7.12 Å². The fraction of sp³-hybridized carbons (Fsp3) is 0.368. The zero-order valence-corrected chi connectivity index (χ0v) is 16.4. The molecule has 0 N–H and O–H groups in total. The van der Waals surface area contributed by atoms with Crippen LogP contribution in [-0.2, 0) is 9.31 Å². The first-order valence-electron chi connectivity index (χ1n) is 8.56. The van der Waals surface area contributed by atoms with Gasteiger partial charge in [0.1, 0.15) is 0 Å². The van der Waals surface area contributed by atoms with E-state index >= 15 is 0 Å². The molecule has 2 aromatic rings. The van der Waals surface area contributed by atoms with Crippen LogP contribution in [0.4, 0.5) is 0 Å². The van der Waals surface area contributed by atoms with E-state index in [0.29, 0.717) is 21.0 Å². The Kier molecular flexibility index (Phi) is 6.70. The van der Waals surface area contributed by atoms with Crippen molar-refractivity contribution >= 4 is 47.4 Å². The van der Waals surface area contributed by atoms with Crippen molar-refractivity contribution in [3.8, 4) is 11.1 Å². The lowest BCUT2D eigenvalue weighted by Gasteiger charge is -2.27. The van der Waals surface area contributed by atoms with Gasteiger partial charge in [-0.2, -0.15) is 0 Å². The maximum Gasteiger partial charge on any atom is 0.493 e. The molecule has 0 amide bonds. The molecule has 0 bridgehead atoms. The zero-order chi connectivity index (χ0) is 17.8. The molecule has 0 aromatic heterocycles. The second kappa shape index (κ2) is 8.79. The fourth-order valence-electron chi connectivity index (χ4n) is 2.95. The topological polar surface area (TPSA) is 18.5 Å². The normalized spacial score (nSPS) is 15.6. The number of rotatable bonds is 5. The molecule has 1 saturated heterocycles. The summed E-state index contributed by atoms with van der Waals surface area (Å²) < 4.78 is 11.8. The summed E-state index contributed by atoms with van der Waals surface area (Å²) in [6, 6.07) is 11.7. The molecule has 2 aromatic carbocycles. The van der Waals surface area contributed by atoms with Gasteiger partial charge in [0.25, 0.3) is 0 Å². The van der Waals surface area contributed by atoms with Gasteiger partial charge in [-0.3, -0.25) is 0 Å². The first kappa shape index (κ1) is 19.1. The van der Waals surface area contributed by atoms with E-state index in [1.807, 2.05) is 36.4 Å². The van der Waals surface area contributed by atoms with Crippen LogP contribution in [0.2, 0.25) is 15.1 Å². The Bertz CT molecular complexity index is 690. The lowest BCUT2D eigenvalue weighted by Crippen LogP contribution is -2.44. The lowest BCUT2D eigenvalue weighted by atomic mass is 9.76. The maximum atomic E-state index is 6.12. The van der Waals surface area contributed by atoms with Crippen molar-refractivity contribution in [1.82, 2.24) is 0 Å². The third kappa shape index (κ3) is 4.72. The van der Waals surface area contributed by atoms with E-state index in [9.17, 15) is 0 Å². The maximum absolute atomic E-state index is 6.12. The van der Waals surface area contributed by atoms with Gasteiger partial charge in [0.05, 0.1) is 15.1 Å². The molecule has 0 spiro atoms. The molecule has 0 saturated carbocycles. The highest BCUT2D eigenvalue weighted by molar-refractivity contribution is 6.61. The van der Waals surface area contributed by atoms with E-state index < -0.39 is 0 Å². The van der Waals surface area contributed by atoms with Crippen LogP contribution in [0.5, 0.6) is 0 Å². The molecule has 25 heavy (non-hydrogen) atoms. The predicted octanol–water partition coefficient (Wildman–Crippen LogP) is 5.86. The summed E-state index contributed by atoms with van der Waals surface area (Å²) in [6.45, 7) is 3.72. The van der Waals surface area contributed by atoms with Gasteiger partial charge in [-0.15, -0.1) is 0 Å². The van der Waals surface area contributed by atoms with Crippen LogP contribution in [0.15, 0.2) is 36.4 Å². The van der Waals surface area contributed by atoms with Crippen molar-refractivity contribution < 1.29 is 9.31 Å². The average Bonchev–Trinajstić information content (AvgIpc) is 2.64. The molecule has 6 heteroatoms. The highest BCUT2D eigenvalue weighted by Gasteiger charge is 2.28. The van der Waals surface area contributed by atoms with Gasteiger partial charge in [-0.05, 0) is 35.1 Å². The highest BCUT2D eigenvalue weighted by Crippen LogP contribution is 2.34. The number of benzene rings is 2. The number of halogens is 3. The van der Waals surface area contributed by atoms with Crippen molar-refractivity contribution in [1.29, 1.82) is 0 Å². The minimum Gasteiger partial charge on any atom is -0.407 e. The van der Waals surface area contributed by atoms with Gasteiger partial charge in [0, 0.05) is 19.1 Å². The number of unbranched alkanes of at least 4 members (excludes halogenated alkanes) is 1. The molecular formula is C19H20BCl3O2. The number of hydrogen-bond acceptors (Lipinski definition) is 2. The largest absolute Gasteiger partial charge is 0.493 e. The Morgan fingerprint density at radius 1 is 0.960 bits per heavy atom. The fourth-order valence-corrected chi connectivity index (χ4v) is 3.55. The summed E-state index contributed by atoms with van der Waals surface area (Å²) >= 11 is 18.2. The zero-order valence-electron chi connectivity index (χ0n) is 14.1. The van der Waals surface area contributed by atoms with E-state index in [4.69, 9.17) is 44.1 Å². The van der Waals surface area contributed by atoms with Gasteiger partial charge in [0.15, 0.2) is 0 Å². The molecular weight excluding hydrogens is 377 g/mol. The number of hydrogen-bond donors (Lipinski definition) is 0. The van der Waals surface area contributed by atoms with Crippen molar-refractivity contribution in [2.24, 2.45) is 5.92 Å². The average molecular weight is 398 g/mol. The van der Waals surface area contributed by atoms with Gasteiger partial charge in [-0.1, -0.05) is 78.8 Å². The van der Waals surface area contributed by atoms with E-state index in [1.54, 1.807) is 0 Å². The summed E-state index contributed by atoms with van der Waals surface area (Å²) in [5, 5.41) is 1.28. The molecule has 2 nitrogen and oxygen atoms in total. The van der Waals surface area contributed by atoms with Crippen LogP contribution in [-0.4, -0.2) is 20.3 Å². The molecule has 0 radical (unpaired) electrons. The second-order valence-electron chi connectivity index (χ2n) is 6.38. The molecule has 0 atom stereocenters. The highest BCUT2D eigenvalue weighted by atomic mass is 35.5. The summed E-state index contributed by atoms with van der Waals surface area (Å²) in [7, 11) is -0.288.